The van der Waals surface area contributed by atoms with Gasteiger partial charge in [0.15, 0.2) is 0 Å². The number of aliphatic hydroxyl groups is 2. The highest BCUT2D eigenvalue weighted by Gasteiger charge is 2.20. The van der Waals surface area contributed by atoms with Gasteiger partial charge in [0.1, 0.15) is 0 Å². The summed E-state index contributed by atoms with van der Waals surface area (Å²) in [7, 11) is 0. The first kappa shape index (κ1) is 54.6. The van der Waals surface area contributed by atoms with Crippen molar-refractivity contribution in [1.82, 2.24) is 5.32 Å². The number of carbonyl (C=O) groups excluding carboxylic acids is 2. The Bertz CT molecular complexity index is 832. The Morgan fingerprint density at radius 1 is 0.482 bits per heavy atom. The largest absolute Gasteiger partial charge is 0.466 e. The van der Waals surface area contributed by atoms with Crippen LogP contribution in [0.15, 0.2) is 12.2 Å². The van der Waals surface area contributed by atoms with Crippen molar-refractivity contribution in [2.75, 3.05) is 13.2 Å². The molecular weight excluding hydrogens is 695 g/mol. The molecule has 0 bridgehead atoms. The van der Waals surface area contributed by atoms with Crippen molar-refractivity contribution in [3.63, 3.8) is 0 Å². The maximum absolute atomic E-state index is 12.4. The number of nitrogens with one attached hydrogen (secondary N) is 1. The van der Waals surface area contributed by atoms with E-state index in [2.05, 4.69) is 31.3 Å². The van der Waals surface area contributed by atoms with Crippen molar-refractivity contribution in [3.05, 3.63) is 12.2 Å². The second-order valence-corrected chi connectivity index (χ2v) is 17.1. The first-order valence-electron chi connectivity index (χ1n) is 24.9. The van der Waals surface area contributed by atoms with Crippen molar-refractivity contribution in [3.8, 4) is 0 Å². The number of rotatable bonds is 46. The fraction of sp³-hybridized carbons (Fsp3) is 0.920. The molecule has 6 heteroatoms. The Morgan fingerprint density at radius 3 is 1.30 bits per heavy atom. The summed E-state index contributed by atoms with van der Waals surface area (Å²) in [5.41, 5.74) is 0. The van der Waals surface area contributed by atoms with Gasteiger partial charge in [0.05, 0.1) is 25.4 Å². The standard InChI is InChI=1S/C50H97NO5/c1-3-5-7-9-11-13-15-17-18-19-20-21-22-24-28-32-36-40-44-50(55)56-45-41-37-33-29-25-27-31-35-39-43-49(54)51-47(46-52)48(53)42-38-34-30-26-23-16-14-12-10-8-6-4-2/h27,31,47-48,52-53H,3-26,28-30,32-46H2,1-2H3,(H,51,54)/b31-27-. The Morgan fingerprint density at radius 2 is 0.857 bits per heavy atom. The van der Waals surface area contributed by atoms with Gasteiger partial charge in [0.2, 0.25) is 5.91 Å². The third kappa shape index (κ3) is 42.2. The zero-order chi connectivity index (χ0) is 40.8. The third-order valence-electron chi connectivity index (χ3n) is 11.6. The predicted octanol–water partition coefficient (Wildman–Crippen LogP) is 14.6. The van der Waals surface area contributed by atoms with Crippen LogP contribution in [-0.4, -0.2) is 47.4 Å². The molecule has 0 aliphatic heterocycles. The number of unbranched alkanes of at least 4 members (excludes halogenated alkanes) is 33. The maximum atomic E-state index is 12.4. The summed E-state index contributed by atoms with van der Waals surface area (Å²) in [6, 6.07) is -0.576. The Balaban J connectivity index is 3.49. The first-order chi connectivity index (χ1) is 27.5. The number of aliphatic hydroxyl groups excluding tert-OH is 2. The van der Waals surface area contributed by atoms with E-state index >= 15 is 0 Å². The van der Waals surface area contributed by atoms with Gasteiger partial charge in [-0.3, -0.25) is 9.59 Å². The molecule has 0 saturated carbocycles. The molecule has 0 aromatic rings. The van der Waals surface area contributed by atoms with E-state index in [1.54, 1.807) is 0 Å². The number of amides is 1. The molecule has 2 unspecified atom stereocenters. The van der Waals surface area contributed by atoms with Crippen LogP contribution in [0.4, 0.5) is 0 Å². The van der Waals surface area contributed by atoms with E-state index in [4.69, 9.17) is 4.74 Å². The molecule has 3 N–H and O–H groups in total. The quantitative estimate of drug-likeness (QED) is 0.0324. The lowest BCUT2D eigenvalue weighted by Crippen LogP contribution is -2.45. The van der Waals surface area contributed by atoms with E-state index < -0.39 is 12.1 Å². The fourth-order valence-corrected chi connectivity index (χ4v) is 7.70. The lowest BCUT2D eigenvalue weighted by atomic mass is 10.0. The molecular formula is C50H97NO5. The molecule has 0 heterocycles. The number of ether oxygens (including phenoxy) is 1. The fourth-order valence-electron chi connectivity index (χ4n) is 7.70. The Hall–Kier alpha value is -1.40. The predicted molar refractivity (Wildman–Crippen MR) is 241 cm³/mol. The summed E-state index contributed by atoms with van der Waals surface area (Å²) in [6.45, 7) is 4.86. The van der Waals surface area contributed by atoms with Gasteiger partial charge in [-0.1, -0.05) is 225 Å². The van der Waals surface area contributed by atoms with Crippen LogP contribution in [0.5, 0.6) is 0 Å². The van der Waals surface area contributed by atoms with Gasteiger partial charge < -0.3 is 20.3 Å². The van der Waals surface area contributed by atoms with E-state index in [9.17, 15) is 19.8 Å². The van der Waals surface area contributed by atoms with Crippen LogP contribution in [0.2, 0.25) is 0 Å². The Kier molecular flexibility index (Phi) is 45.1. The number of hydrogen-bond acceptors (Lipinski definition) is 5. The molecule has 0 spiro atoms. The van der Waals surface area contributed by atoms with E-state index in [0.29, 0.717) is 25.9 Å². The number of hydrogen-bond donors (Lipinski definition) is 3. The Labute approximate surface area is 349 Å². The molecule has 0 aliphatic rings. The van der Waals surface area contributed by atoms with Crippen molar-refractivity contribution in [2.45, 2.75) is 283 Å². The highest BCUT2D eigenvalue weighted by atomic mass is 16.5. The molecule has 0 aromatic heterocycles. The molecule has 6 nitrogen and oxygen atoms in total. The molecule has 0 fully saturated rings. The van der Waals surface area contributed by atoms with Crippen LogP contribution in [-0.2, 0) is 14.3 Å². The van der Waals surface area contributed by atoms with E-state index in [-0.39, 0.29) is 18.5 Å². The summed E-state index contributed by atoms with van der Waals surface area (Å²) < 4.78 is 5.45. The summed E-state index contributed by atoms with van der Waals surface area (Å²) in [6.07, 6.45) is 51.9. The maximum Gasteiger partial charge on any atom is 0.305 e. The topological polar surface area (TPSA) is 95.9 Å². The van der Waals surface area contributed by atoms with Gasteiger partial charge in [-0.2, -0.15) is 0 Å². The van der Waals surface area contributed by atoms with Gasteiger partial charge in [-0.15, -0.1) is 0 Å². The summed E-state index contributed by atoms with van der Waals surface area (Å²) in [4.78, 5) is 24.4. The number of esters is 1. The summed E-state index contributed by atoms with van der Waals surface area (Å²) in [5.74, 6) is -0.127. The first-order valence-corrected chi connectivity index (χ1v) is 24.9. The van der Waals surface area contributed by atoms with Crippen LogP contribution in [0.3, 0.4) is 0 Å². The molecule has 0 rings (SSSR count). The van der Waals surface area contributed by atoms with Crippen LogP contribution >= 0.6 is 0 Å². The molecule has 2 atom stereocenters. The van der Waals surface area contributed by atoms with Gasteiger partial charge >= 0.3 is 5.97 Å². The summed E-state index contributed by atoms with van der Waals surface area (Å²) in [5, 5.41) is 23.1. The minimum Gasteiger partial charge on any atom is -0.466 e. The normalized spacial score (nSPS) is 12.7. The summed E-state index contributed by atoms with van der Waals surface area (Å²) >= 11 is 0. The van der Waals surface area contributed by atoms with Crippen LogP contribution < -0.4 is 5.32 Å². The van der Waals surface area contributed by atoms with Crippen molar-refractivity contribution in [1.29, 1.82) is 0 Å². The lowest BCUT2D eigenvalue weighted by Gasteiger charge is -2.22. The van der Waals surface area contributed by atoms with E-state index in [1.807, 2.05) is 0 Å². The highest BCUT2D eigenvalue weighted by Crippen LogP contribution is 2.16. The lowest BCUT2D eigenvalue weighted by molar-refractivity contribution is -0.143. The average molecular weight is 792 g/mol. The van der Waals surface area contributed by atoms with Crippen molar-refractivity contribution in [2.24, 2.45) is 0 Å². The molecule has 0 saturated heterocycles. The zero-order valence-corrected chi connectivity index (χ0v) is 37.6. The monoisotopic (exact) mass is 792 g/mol. The SMILES string of the molecule is CCCCCCCCCCCCCCCCCCCCC(=O)OCCCCCC/C=C\CCCC(=O)NC(CO)C(O)CCCCCCCCCCCCCC. The molecule has 0 aromatic carbocycles. The van der Waals surface area contributed by atoms with Gasteiger partial charge in [-0.25, -0.2) is 0 Å². The molecule has 0 radical (unpaired) electrons. The molecule has 1 amide bonds. The number of carbonyl (C=O) groups is 2. The zero-order valence-electron chi connectivity index (χ0n) is 37.6. The molecule has 56 heavy (non-hydrogen) atoms. The van der Waals surface area contributed by atoms with Crippen molar-refractivity contribution >= 4 is 11.9 Å². The molecule has 0 aliphatic carbocycles. The van der Waals surface area contributed by atoms with E-state index in [1.165, 1.54) is 167 Å². The van der Waals surface area contributed by atoms with Crippen LogP contribution in [0.1, 0.15) is 271 Å². The van der Waals surface area contributed by atoms with Gasteiger partial charge in [-0.05, 0) is 44.9 Å². The van der Waals surface area contributed by atoms with Gasteiger partial charge in [0, 0.05) is 12.8 Å². The van der Waals surface area contributed by atoms with Gasteiger partial charge in [0.25, 0.3) is 0 Å². The smallest absolute Gasteiger partial charge is 0.305 e. The van der Waals surface area contributed by atoms with E-state index in [0.717, 1.165) is 70.6 Å². The minimum absolute atomic E-state index is 0.0315. The van der Waals surface area contributed by atoms with Crippen molar-refractivity contribution < 1.29 is 24.5 Å². The second-order valence-electron chi connectivity index (χ2n) is 17.1. The molecule has 332 valence electrons. The third-order valence-corrected chi connectivity index (χ3v) is 11.6. The second kappa shape index (κ2) is 46.3. The average Bonchev–Trinajstić information content (AvgIpc) is 3.20. The highest BCUT2D eigenvalue weighted by molar-refractivity contribution is 5.76. The number of allylic oxidation sites excluding steroid dienone is 2. The van der Waals surface area contributed by atoms with Crippen LogP contribution in [0, 0.1) is 0 Å². The van der Waals surface area contributed by atoms with Crippen LogP contribution in [0.25, 0.3) is 0 Å². The minimum atomic E-state index is -0.692.